The quantitative estimate of drug-likeness (QED) is 0.551. The third-order valence-corrected chi connectivity index (χ3v) is 3.80. The van der Waals surface area contributed by atoms with Crippen molar-refractivity contribution in [2.75, 3.05) is 16.8 Å². The normalized spacial score (nSPS) is 11.7. The molecule has 8 nitrogen and oxygen atoms in total. The largest absolute Gasteiger partial charge is 0.368 e. The Balaban J connectivity index is 2.05. The molecule has 0 bridgehead atoms. The first-order valence-corrected chi connectivity index (χ1v) is 7.58. The van der Waals surface area contributed by atoms with E-state index >= 15 is 0 Å². The van der Waals surface area contributed by atoms with Crippen molar-refractivity contribution in [2.24, 2.45) is 0 Å². The van der Waals surface area contributed by atoms with Gasteiger partial charge in [-0.2, -0.15) is 15.0 Å². The van der Waals surface area contributed by atoms with Crippen LogP contribution in [0.25, 0.3) is 0 Å². The van der Waals surface area contributed by atoms with E-state index in [1.54, 1.807) is 31.2 Å². The molecule has 1 aromatic carbocycles. The van der Waals surface area contributed by atoms with Crippen molar-refractivity contribution < 1.29 is 9.59 Å². The Kier molecular flexibility index (Phi) is 5.12. The first-order valence-electron chi connectivity index (χ1n) is 6.70. The molecule has 0 radical (unpaired) electrons. The van der Waals surface area contributed by atoms with Gasteiger partial charge in [0.25, 0.3) is 0 Å². The highest BCUT2D eigenvalue weighted by Gasteiger charge is 2.17. The summed E-state index contributed by atoms with van der Waals surface area (Å²) in [6.07, 6.45) is 0. The van der Waals surface area contributed by atoms with Gasteiger partial charge in [0, 0.05) is 11.3 Å². The number of carbonyl (C=O) groups is 2. The number of nitrogens with one attached hydrogen (secondary N) is 1. The van der Waals surface area contributed by atoms with Gasteiger partial charge in [-0.25, -0.2) is 0 Å². The molecule has 0 saturated carbocycles. The summed E-state index contributed by atoms with van der Waals surface area (Å²) in [7, 11) is 0. The van der Waals surface area contributed by atoms with E-state index in [9.17, 15) is 9.59 Å². The van der Waals surface area contributed by atoms with Crippen LogP contribution < -0.4 is 16.8 Å². The standard InChI is InChI=1S/C14H16N6O2S/c1-7(21)9-4-3-5-10(6-9)17-11(22)8(2)23-14-19-12(15)18-13(16)20-14/h3-6,8H,1-2H3,(H,17,22)(H4,15,16,18,19,20). The van der Waals surface area contributed by atoms with Crippen molar-refractivity contribution in [3.8, 4) is 0 Å². The third kappa shape index (κ3) is 4.65. The fourth-order valence-corrected chi connectivity index (χ4v) is 2.49. The number of nitrogens with zero attached hydrogens (tertiary/aromatic N) is 3. The lowest BCUT2D eigenvalue weighted by Gasteiger charge is -2.11. The lowest BCUT2D eigenvalue weighted by Crippen LogP contribution is -2.23. The second-order valence-corrected chi connectivity index (χ2v) is 6.03. The van der Waals surface area contributed by atoms with Gasteiger partial charge in [0.15, 0.2) is 10.9 Å². The Morgan fingerprint density at radius 1 is 1.17 bits per heavy atom. The second-order valence-electron chi connectivity index (χ2n) is 4.72. The fourth-order valence-electron chi connectivity index (χ4n) is 1.71. The number of benzene rings is 1. The molecule has 1 aromatic heterocycles. The van der Waals surface area contributed by atoms with Crippen LogP contribution in [0.3, 0.4) is 0 Å². The number of nitrogen functional groups attached to an aromatic ring is 2. The number of carbonyl (C=O) groups excluding carboxylic acids is 2. The molecule has 0 saturated heterocycles. The average Bonchev–Trinajstić information content (AvgIpc) is 2.46. The van der Waals surface area contributed by atoms with E-state index in [2.05, 4.69) is 20.3 Å². The van der Waals surface area contributed by atoms with Gasteiger partial charge in [-0.15, -0.1) is 0 Å². The van der Waals surface area contributed by atoms with Crippen molar-refractivity contribution in [2.45, 2.75) is 24.3 Å². The molecule has 0 aliphatic heterocycles. The minimum Gasteiger partial charge on any atom is -0.368 e. The van der Waals surface area contributed by atoms with Gasteiger partial charge < -0.3 is 16.8 Å². The molecule has 1 unspecified atom stereocenters. The average molecular weight is 332 g/mol. The minimum absolute atomic E-state index is 0.00164. The van der Waals surface area contributed by atoms with E-state index in [0.717, 1.165) is 11.8 Å². The number of rotatable bonds is 5. The van der Waals surface area contributed by atoms with Crippen LogP contribution in [0, 0.1) is 0 Å². The van der Waals surface area contributed by atoms with Gasteiger partial charge in [0.05, 0.1) is 5.25 Å². The van der Waals surface area contributed by atoms with Crippen molar-refractivity contribution in [1.29, 1.82) is 0 Å². The number of anilines is 3. The zero-order valence-electron chi connectivity index (χ0n) is 12.6. The van der Waals surface area contributed by atoms with Gasteiger partial charge in [0.1, 0.15) is 0 Å². The highest BCUT2D eigenvalue weighted by atomic mass is 32.2. The Bertz CT molecular complexity index is 732. The number of Topliss-reactive ketones (excluding diaryl/α,β-unsaturated/α-hetero) is 1. The van der Waals surface area contributed by atoms with Crippen LogP contribution in [0.2, 0.25) is 0 Å². The maximum atomic E-state index is 12.2. The summed E-state index contributed by atoms with van der Waals surface area (Å²) in [6.45, 7) is 3.17. The molecule has 23 heavy (non-hydrogen) atoms. The summed E-state index contributed by atoms with van der Waals surface area (Å²) >= 11 is 1.11. The Morgan fingerprint density at radius 2 is 1.83 bits per heavy atom. The fraction of sp³-hybridized carbons (Fsp3) is 0.214. The molecule has 0 aliphatic carbocycles. The SMILES string of the molecule is CC(=O)c1cccc(NC(=O)C(C)Sc2nc(N)nc(N)n2)c1. The molecule has 9 heteroatoms. The lowest BCUT2D eigenvalue weighted by molar-refractivity contribution is -0.115. The molecule has 5 N–H and O–H groups in total. The smallest absolute Gasteiger partial charge is 0.237 e. The predicted octanol–water partition coefficient (Wildman–Crippen LogP) is 1.36. The number of hydrogen-bond donors (Lipinski definition) is 3. The molecule has 2 rings (SSSR count). The van der Waals surface area contributed by atoms with Crippen LogP contribution in [0.15, 0.2) is 29.4 Å². The zero-order chi connectivity index (χ0) is 17.0. The summed E-state index contributed by atoms with van der Waals surface area (Å²) < 4.78 is 0. The minimum atomic E-state index is -0.489. The van der Waals surface area contributed by atoms with Crippen molar-refractivity contribution in [3.05, 3.63) is 29.8 Å². The zero-order valence-corrected chi connectivity index (χ0v) is 13.4. The number of hydrogen-bond acceptors (Lipinski definition) is 8. The Morgan fingerprint density at radius 3 is 2.43 bits per heavy atom. The molecule has 2 aromatic rings. The highest BCUT2D eigenvalue weighted by Crippen LogP contribution is 2.22. The topological polar surface area (TPSA) is 137 Å². The van der Waals surface area contributed by atoms with E-state index in [4.69, 9.17) is 11.5 Å². The number of aromatic nitrogens is 3. The lowest BCUT2D eigenvalue weighted by atomic mass is 10.1. The van der Waals surface area contributed by atoms with Crippen LogP contribution in [0.5, 0.6) is 0 Å². The monoisotopic (exact) mass is 332 g/mol. The van der Waals surface area contributed by atoms with E-state index in [1.807, 2.05) is 0 Å². The summed E-state index contributed by atoms with van der Waals surface area (Å²) in [4.78, 5) is 35.1. The molecule has 0 fully saturated rings. The summed E-state index contributed by atoms with van der Waals surface area (Å²) in [6, 6.07) is 6.72. The summed E-state index contributed by atoms with van der Waals surface area (Å²) in [5.41, 5.74) is 12.1. The Hall–Kier alpha value is -2.68. The molecule has 1 amide bonds. The van der Waals surface area contributed by atoms with E-state index in [0.29, 0.717) is 11.3 Å². The van der Waals surface area contributed by atoms with Crippen molar-refractivity contribution >= 4 is 41.0 Å². The van der Waals surface area contributed by atoms with Crippen LogP contribution in [0.1, 0.15) is 24.2 Å². The van der Waals surface area contributed by atoms with Crippen molar-refractivity contribution in [3.63, 3.8) is 0 Å². The second kappa shape index (κ2) is 7.05. The van der Waals surface area contributed by atoms with Gasteiger partial charge in [-0.3, -0.25) is 9.59 Å². The molecular formula is C14H16N6O2S. The summed E-state index contributed by atoms with van der Waals surface area (Å²) in [5.74, 6) is -0.323. The highest BCUT2D eigenvalue weighted by molar-refractivity contribution is 8.00. The van der Waals surface area contributed by atoms with Crippen LogP contribution >= 0.6 is 11.8 Å². The summed E-state index contributed by atoms with van der Waals surface area (Å²) in [5, 5.41) is 2.53. The Labute approximate surface area is 137 Å². The number of nitrogens with two attached hydrogens (primary N) is 2. The molecule has 0 aliphatic rings. The van der Waals surface area contributed by atoms with Gasteiger partial charge in [0.2, 0.25) is 17.8 Å². The first-order chi connectivity index (χ1) is 10.8. The predicted molar refractivity (Wildman–Crippen MR) is 89.0 cm³/mol. The van der Waals surface area contributed by atoms with Gasteiger partial charge in [-0.1, -0.05) is 23.9 Å². The molecular weight excluding hydrogens is 316 g/mol. The van der Waals surface area contributed by atoms with Gasteiger partial charge in [-0.05, 0) is 26.0 Å². The molecule has 120 valence electrons. The van der Waals surface area contributed by atoms with Crippen LogP contribution in [-0.2, 0) is 4.79 Å². The molecule has 1 atom stereocenters. The molecule has 0 spiro atoms. The van der Waals surface area contributed by atoms with Crippen LogP contribution in [-0.4, -0.2) is 31.9 Å². The maximum Gasteiger partial charge on any atom is 0.237 e. The van der Waals surface area contributed by atoms with Crippen molar-refractivity contribution in [1.82, 2.24) is 15.0 Å². The van der Waals surface area contributed by atoms with E-state index in [-0.39, 0.29) is 28.7 Å². The maximum absolute atomic E-state index is 12.2. The number of amides is 1. The third-order valence-electron chi connectivity index (χ3n) is 2.84. The van der Waals surface area contributed by atoms with E-state index < -0.39 is 5.25 Å². The van der Waals surface area contributed by atoms with Gasteiger partial charge >= 0.3 is 0 Å². The van der Waals surface area contributed by atoms with E-state index in [1.165, 1.54) is 6.92 Å². The first kappa shape index (κ1) is 16.7. The number of ketones is 1. The number of thioether (sulfide) groups is 1. The van der Waals surface area contributed by atoms with Crippen LogP contribution in [0.4, 0.5) is 17.6 Å². The molecule has 1 heterocycles.